The Kier molecular flexibility index (Phi) is 5.36. The summed E-state index contributed by atoms with van der Waals surface area (Å²) in [7, 11) is 0. The van der Waals surface area contributed by atoms with Gasteiger partial charge in [0.05, 0.1) is 0 Å². The van der Waals surface area contributed by atoms with E-state index in [1.807, 2.05) is 20.8 Å². The van der Waals surface area contributed by atoms with Crippen LogP contribution in [0.5, 0.6) is 0 Å². The van der Waals surface area contributed by atoms with Gasteiger partial charge < -0.3 is 0 Å². The highest BCUT2D eigenvalue weighted by Crippen LogP contribution is 2.17. The molecule has 74 valence electrons. The zero-order chi connectivity index (χ0) is 10.4. The minimum absolute atomic E-state index is 1.07. The van der Waals surface area contributed by atoms with Crippen LogP contribution in [0.4, 0.5) is 0 Å². The summed E-state index contributed by atoms with van der Waals surface area (Å²) in [6.07, 6.45) is 2.22. The zero-order valence-corrected chi connectivity index (χ0v) is 9.57. The smallest absolute Gasteiger partial charge is 0.0403 e. The number of hydrogen-bond donors (Lipinski definition) is 0. The van der Waals surface area contributed by atoms with Gasteiger partial charge in [0.2, 0.25) is 0 Å². The number of nitrogens with zero attached hydrogens (tertiary/aromatic N) is 1. The predicted octanol–water partition coefficient (Wildman–Crippen LogP) is 4.12. The first-order chi connectivity index (χ1) is 5.99. The highest BCUT2D eigenvalue weighted by atomic mass is 14.7. The fourth-order valence-electron chi connectivity index (χ4n) is 1.16. The summed E-state index contributed by atoms with van der Waals surface area (Å²) in [5.41, 5.74) is 4.65. The summed E-state index contributed by atoms with van der Waals surface area (Å²) in [6.45, 7) is 14.4. The van der Waals surface area contributed by atoms with Crippen LogP contribution in [0.1, 0.15) is 47.5 Å². The van der Waals surface area contributed by atoms with Crippen LogP contribution in [0.15, 0.2) is 28.4 Å². The lowest BCUT2D eigenvalue weighted by atomic mass is 10.0. The molecule has 0 bridgehead atoms. The van der Waals surface area contributed by atoms with Crippen LogP contribution in [0.25, 0.3) is 0 Å². The molecule has 0 saturated carbocycles. The maximum absolute atomic E-state index is 4.42. The fourth-order valence-corrected chi connectivity index (χ4v) is 1.16. The largest absolute Gasteiger partial charge is 0.263 e. The van der Waals surface area contributed by atoms with Crippen molar-refractivity contribution in [1.29, 1.82) is 0 Å². The molecule has 1 heteroatoms. The fraction of sp³-hybridized carbons (Fsp3) is 0.583. The van der Waals surface area contributed by atoms with E-state index in [4.69, 9.17) is 0 Å². The first-order valence-electron chi connectivity index (χ1n) is 4.86. The molecule has 0 unspecified atom stereocenters. The third-order valence-electron chi connectivity index (χ3n) is 2.02. The van der Waals surface area contributed by atoms with Crippen molar-refractivity contribution in [2.75, 3.05) is 0 Å². The Morgan fingerprint density at radius 1 is 1.15 bits per heavy atom. The Labute approximate surface area is 82.3 Å². The molecule has 13 heavy (non-hydrogen) atoms. The molecular formula is C12H21N. The second kappa shape index (κ2) is 5.74. The van der Waals surface area contributed by atoms with Gasteiger partial charge in [-0.1, -0.05) is 25.5 Å². The van der Waals surface area contributed by atoms with E-state index < -0.39 is 0 Å². The topological polar surface area (TPSA) is 12.4 Å². The Balaban J connectivity index is 4.61. The quantitative estimate of drug-likeness (QED) is 0.455. The molecule has 1 nitrogen and oxygen atoms in total. The van der Waals surface area contributed by atoms with Gasteiger partial charge in [0.1, 0.15) is 0 Å². The molecule has 0 aliphatic rings. The average Bonchev–Trinajstić information content (AvgIpc) is 2.02. The van der Waals surface area contributed by atoms with Gasteiger partial charge >= 0.3 is 0 Å². The van der Waals surface area contributed by atoms with Crippen LogP contribution in [0.2, 0.25) is 0 Å². The summed E-state index contributed by atoms with van der Waals surface area (Å²) < 4.78 is 0. The van der Waals surface area contributed by atoms with Gasteiger partial charge in [0.15, 0.2) is 0 Å². The molecule has 0 saturated heterocycles. The Morgan fingerprint density at radius 3 is 2.08 bits per heavy atom. The SMILES string of the molecule is C=C(CCC)/C(C)=C(/C)N=C(C)C. The molecule has 0 aliphatic heterocycles. The first-order valence-corrected chi connectivity index (χ1v) is 4.86. The monoisotopic (exact) mass is 179 g/mol. The molecule has 0 atom stereocenters. The molecule has 0 aromatic carbocycles. The maximum atomic E-state index is 4.42. The molecule has 0 aliphatic carbocycles. The van der Waals surface area contributed by atoms with E-state index in [0.29, 0.717) is 0 Å². The van der Waals surface area contributed by atoms with E-state index in [2.05, 4.69) is 25.4 Å². The minimum Gasteiger partial charge on any atom is -0.263 e. The average molecular weight is 179 g/mol. The van der Waals surface area contributed by atoms with Crippen LogP contribution in [-0.4, -0.2) is 5.71 Å². The van der Waals surface area contributed by atoms with Gasteiger partial charge in [-0.15, -0.1) is 0 Å². The minimum atomic E-state index is 1.07. The third-order valence-corrected chi connectivity index (χ3v) is 2.02. The van der Waals surface area contributed by atoms with Gasteiger partial charge in [0, 0.05) is 11.4 Å². The van der Waals surface area contributed by atoms with Crippen molar-refractivity contribution >= 4 is 5.71 Å². The number of allylic oxidation sites excluding steroid dienone is 3. The summed E-state index contributed by atoms with van der Waals surface area (Å²) in [4.78, 5) is 4.42. The van der Waals surface area contributed by atoms with Gasteiger partial charge in [-0.2, -0.15) is 0 Å². The van der Waals surface area contributed by atoms with E-state index >= 15 is 0 Å². The molecule has 0 rings (SSSR count). The molecule has 0 aromatic rings. The van der Waals surface area contributed by atoms with E-state index in [1.165, 1.54) is 11.1 Å². The Hall–Kier alpha value is -0.850. The van der Waals surface area contributed by atoms with Gasteiger partial charge in [-0.25, -0.2) is 0 Å². The second-order valence-electron chi connectivity index (χ2n) is 3.62. The Bertz CT molecular complexity index is 240. The van der Waals surface area contributed by atoms with Crippen LogP contribution in [0, 0.1) is 0 Å². The molecule has 0 fully saturated rings. The lowest BCUT2D eigenvalue weighted by Gasteiger charge is -2.06. The van der Waals surface area contributed by atoms with Crippen LogP contribution < -0.4 is 0 Å². The third kappa shape index (κ3) is 4.66. The van der Waals surface area contributed by atoms with Crippen molar-refractivity contribution in [1.82, 2.24) is 0 Å². The summed E-state index contributed by atoms with van der Waals surface area (Å²) in [5, 5.41) is 0. The van der Waals surface area contributed by atoms with E-state index in [-0.39, 0.29) is 0 Å². The number of rotatable bonds is 4. The normalized spacial score (nSPS) is 12.1. The van der Waals surface area contributed by atoms with Crippen molar-refractivity contribution in [2.24, 2.45) is 4.99 Å². The van der Waals surface area contributed by atoms with E-state index in [9.17, 15) is 0 Å². The van der Waals surface area contributed by atoms with Crippen molar-refractivity contribution in [3.8, 4) is 0 Å². The molecule has 0 radical (unpaired) electrons. The number of aliphatic imine (C=N–C) groups is 1. The second-order valence-corrected chi connectivity index (χ2v) is 3.62. The van der Waals surface area contributed by atoms with Crippen molar-refractivity contribution in [3.05, 3.63) is 23.4 Å². The van der Waals surface area contributed by atoms with E-state index in [0.717, 1.165) is 24.3 Å². The zero-order valence-electron chi connectivity index (χ0n) is 9.57. The Morgan fingerprint density at radius 2 is 1.69 bits per heavy atom. The molecule has 0 N–H and O–H groups in total. The summed E-state index contributed by atoms with van der Waals surface area (Å²) >= 11 is 0. The van der Waals surface area contributed by atoms with Gasteiger partial charge in [0.25, 0.3) is 0 Å². The molecular weight excluding hydrogens is 158 g/mol. The van der Waals surface area contributed by atoms with E-state index in [1.54, 1.807) is 0 Å². The molecule has 0 aromatic heterocycles. The highest BCUT2D eigenvalue weighted by molar-refractivity contribution is 5.80. The van der Waals surface area contributed by atoms with Crippen molar-refractivity contribution in [2.45, 2.75) is 47.5 Å². The van der Waals surface area contributed by atoms with Crippen molar-refractivity contribution < 1.29 is 0 Å². The standard InChI is InChI=1S/C12H21N/c1-7-8-10(4)11(5)12(6)13-9(2)3/h4,7-8H2,1-3,5-6H3/b12-11-. The van der Waals surface area contributed by atoms with Crippen LogP contribution in [0.3, 0.4) is 0 Å². The maximum Gasteiger partial charge on any atom is 0.0403 e. The number of hydrogen-bond acceptors (Lipinski definition) is 1. The van der Waals surface area contributed by atoms with Crippen LogP contribution in [-0.2, 0) is 0 Å². The molecule has 0 heterocycles. The van der Waals surface area contributed by atoms with Crippen LogP contribution >= 0.6 is 0 Å². The highest BCUT2D eigenvalue weighted by Gasteiger charge is 1.99. The predicted molar refractivity (Wildman–Crippen MR) is 61.2 cm³/mol. The lowest BCUT2D eigenvalue weighted by molar-refractivity contribution is 0.909. The van der Waals surface area contributed by atoms with Crippen molar-refractivity contribution in [3.63, 3.8) is 0 Å². The summed E-state index contributed by atoms with van der Waals surface area (Å²) in [5.74, 6) is 0. The first kappa shape index (κ1) is 12.2. The lowest BCUT2D eigenvalue weighted by Crippen LogP contribution is -1.89. The van der Waals surface area contributed by atoms with Gasteiger partial charge in [-0.3, -0.25) is 4.99 Å². The molecule has 0 amide bonds. The summed E-state index contributed by atoms with van der Waals surface area (Å²) in [6, 6.07) is 0. The van der Waals surface area contributed by atoms with Gasteiger partial charge in [-0.05, 0) is 39.7 Å². The molecule has 0 spiro atoms.